The molecule has 2 N–H and O–H groups in total. The van der Waals surface area contributed by atoms with Gasteiger partial charge in [0.25, 0.3) is 11.8 Å². The number of amides is 3. The Morgan fingerprint density at radius 2 is 1.71 bits per heavy atom. The third-order valence-corrected chi connectivity index (χ3v) is 11.9. The summed E-state index contributed by atoms with van der Waals surface area (Å²) in [5.41, 5.74) is 6.96. The number of aromatic nitrogens is 1. The first kappa shape index (κ1) is 38.4. The molecule has 3 aliphatic rings. The van der Waals surface area contributed by atoms with Crippen LogP contribution in [0, 0.1) is 49.8 Å². The smallest absolute Gasteiger partial charge is 0.262 e. The molecule has 4 aromatic rings. The number of hydrogen-bond donors (Lipinski definition) is 2. The maximum atomic E-state index is 15.4. The Bertz CT molecular complexity index is 2190. The van der Waals surface area contributed by atoms with Crippen molar-refractivity contribution < 1.29 is 28.1 Å². The minimum atomic E-state index is -1.17. The number of imide groups is 1. The van der Waals surface area contributed by atoms with Gasteiger partial charge in [-0.1, -0.05) is 29.4 Å². The predicted molar refractivity (Wildman–Crippen MR) is 210 cm³/mol. The van der Waals surface area contributed by atoms with Crippen LogP contribution in [0.1, 0.15) is 94.7 Å². The number of nitriles is 1. The first-order valence-corrected chi connectivity index (χ1v) is 19.4. The van der Waals surface area contributed by atoms with Crippen LogP contribution in [0.2, 0.25) is 0 Å². The van der Waals surface area contributed by atoms with Gasteiger partial charge in [0.2, 0.25) is 5.91 Å². The van der Waals surface area contributed by atoms with E-state index in [4.69, 9.17) is 4.52 Å². The summed E-state index contributed by atoms with van der Waals surface area (Å²) in [7, 11) is 1.39. The summed E-state index contributed by atoms with van der Waals surface area (Å²) in [6.07, 6.45) is 6.16. The summed E-state index contributed by atoms with van der Waals surface area (Å²) in [6, 6.07) is 18.7. The molecule has 1 aromatic heterocycles. The van der Waals surface area contributed by atoms with E-state index in [9.17, 15) is 24.4 Å². The van der Waals surface area contributed by atoms with Gasteiger partial charge in [0, 0.05) is 43.5 Å². The highest BCUT2D eigenvalue weighted by Crippen LogP contribution is 2.48. The molecule has 7 rings (SSSR count). The average molecular weight is 759 g/mol. The molecule has 0 saturated heterocycles. The Labute approximate surface area is 326 Å². The van der Waals surface area contributed by atoms with Gasteiger partial charge in [0.05, 0.1) is 34.0 Å². The number of halogens is 1. The van der Waals surface area contributed by atoms with Gasteiger partial charge in [-0.15, -0.1) is 0 Å². The number of benzene rings is 3. The zero-order valence-electron chi connectivity index (χ0n) is 32.3. The fraction of sp³-hybridized carbons (Fsp3) is 0.409. The van der Waals surface area contributed by atoms with E-state index in [1.54, 1.807) is 0 Å². The van der Waals surface area contributed by atoms with Crippen molar-refractivity contribution in [3.05, 3.63) is 94.1 Å². The Balaban J connectivity index is 1.05. The number of aryl methyl sites for hydroxylation is 3. The number of likely N-dealkylation sites (N-methyl/N-ethyl adjacent to an activating group) is 1. The highest BCUT2D eigenvalue weighted by atomic mass is 19.1. The van der Waals surface area contributed by atoms with Gasteiger partial charge < -0.3 is 24.9 Å². The summed E-state index contributed by atoms with van der Waals surface area (Å²) in [5.74, 6) is -1.22. The molecule has 56 heavy (non-hydrogen) atoms. The minimum Gasteiger partial charge on any atom is -0.382 e. The van der Waals surface area contributed by atoms with Crippen molar-refractivity contribution in [2.24, 2.45) is 11.8 Å². The lowest BCUT2D eigenvalue weighted by Crippen LogP contribution is -2.48. The number of carbonyl (C=O) groups excluding carboxylic acids is 4. The Kier molecular flexibility index (Phi) is 10.8. The molecule has 2 aliphatic carbocycles. The monoisotopic (exact) mass is 758 g/mol. The Morgan fingerprint density at radius 3 is 2.32 bits per heavy atom. The summed E-state index contributed by atoms with van der Waals surface area (Å²) < 4.78 is 20.9. The second-order valence-corrected chi connectivity index (χ2v) is 15.6. The molecular formula is C44H47FN6O5. The van der Waals surface area contributed by atoms with E-state index >= 15 is 4.39 Å². The van der Waals surface area contributed by atoms with Crippen molar-refractivity contribution in [2.75, 3.05) is 30.4 Å². The van der Waals surface area contributed by atoms with Crippen LogP contribution in [-0.2, 0) is 15.0 Å². The third-order valence-electron chi connectivity index (χ3n) is 11.9. The molecular weight excluding hydrogens is 712 g/mol. The Morgan fingerprint density at radius 1 is 1.04 bits per heavy atom. The van der Waals surface area contributed by atoms with E-state index in [-0.39, 0.29) is 41.0 Å². The molecule has 12 heteroatoms. The van der Waals surface area contributed by atoms with E-state index in [0.717, 1.165) is 101 Å². The first-order chi connectivity index (χ1) is 27.0. The summed E-state index contributed by atoms with van der Waals surface area (Å²) in [4.78, 5) is 53.4. The lowest BCUT2D eigenvalue weighted by Gasteiger charge is -2.35. The number of aldehydes is 1. The first-order valence-electron chi connectivity index (χ1n) is 19.4. The topological polar surface area (TPSA) is 149 Å². The standard InChI is InChI=1S/C44H47FN6O5/c1-26-7-12-31(40-27(2)49-56-28(40)3)20-39(26)50(33-15-13-32(14-16-33)44(25-46)17-18-44)24-30-10-8-29(9-11-30)23-48-37-22-35-34(21-36(37)45)42(54)51(43(35)55)38(6-5-19-52)41(53)47-4/h7,12-16,19-22,29-30,38,48H,5-6,8-11,17-18,23-24H2,1-4H3,(H,47,53). The van der Waals surface area contributed by atoms with Gasteiger partial charge in [-0.25, -0.2) is 4.39 Å². The number of anilines is 3. The molecule has 0 spiro atoms. The predicted octanol–water partition coefficient (Wildman–Crippen LogP) is 7.71. The normalized spacial score (nSPS) is 18.9. The number of hydrogen-bond acceptors (Lipinski definition) is 9. The quantitative estimate of drug-likeness (QED) is 0.0975. The van der Waals surface area contributed by atoms with Crippen molar-refractivity contribution >= 4 is 41.1 Å². The second kappa shape index (κ2) is 15.7. The van der Waals surface area contributed by atoms with Crippen molar-refractivity contribution in [1.29, 1.82) is 5.26 Å². The summed E-state index contributed by atoms with van der Waals surface area (Å²) >= 11 is 0. The van der Waals surface area contributed by atoms with Crippen LogP contribution in [0.4, 0.5) is 21.5 Å². The number of fused-ring (bicyclic) bond motifs is 1. The summed E-state index contributed by atoms with van der Waals surface area (Å²) in [6.45, 7) is 7.30. The second-order valence-electron chi connectivity index (χ2n) is 15.6. The van der Waals surface area contributed by atoms with Crippen LogP contribution < -0.4 is 15.5 Å². The van der Waals surface area contributed by atoms with Crippen LogP contribution in [-0.4, -0.2) is 60.2 Å². The van der Waals surface area contributed by atoms with Crippen LogP contribution in [0.5, 0.6) is 0 Å². The van der Waals surface area contributed by atoms with Crippen LogP contribution in [0.3, 0.4) is 0 Å². The highest BCUT2D eigenvalue weighted by molar-refractivity contribution is 6.23. The highest BCUT2D eigenvalue weighted by Gasteiger charge is 2.45. The lowest BCUT2D eigenvalue weighted by molar-refractivity contribution is -0.124. The largest absolute Gasteiger partial charge is 0.382 e. The molecule has 1 atom stereocenters. The maximum Gasteiger partial charge on any atom is 0.262 e. The van der Waals surface area contributed by atoms with Crippen molar-refractivity contribution in [1.82, 2.24) is 15.4 Å². The molecule has 0 radical (unpaired) electrons. The molecule has 2 heterocycles. The van der Waals surface area contributed by atoms with Crippen molar-refractivity contribution in [2.45, 2.75) is 83.6 Å². The summed E-state index contributed by atoms with van der Waals surface area (Å²) in [5, 5.41) is 19.6. The fourth-order valence-corrected chi connectivity index (χ4v) is 8.44. The van der Waals surface area contributed by atoms with Gasteiger partial charge in [-0.05, 0) is 125 Å². The third kappa shape index (κ3) is 7.30. The number of nitrogens with one attached hydrogen (secondary N) is 2. The number of nitrogens with zero attached hydrogens (tertiary/aromatic N) is 4. The van der Waals surface area contributed by atoms with E-state index < -0.39 is 29.6 Å². The van der Waals surface area contributed by atoms with Gasteiger partial charge in [0.1, 0.15) is 23.9 Å². The zero-order chi connectivity index (χ0) is 39.7. The average Bonchev–Trinajstić information content (AvgIpc) is 3.89. The number of rotatable bonds is 14. The molecule has 1 aliphatic heterocycles. The van der Waals surface area contributed by atoms with Gasteiger partial charge >= 0.3 is 0 Å². The van der Waals surface area contributed by atoms with Gasteiger partial charge in [-0.2, -0.15) is 5.26 Å². The van der Waals surface area contributed by atoms with Crippen molar-refractivity contribution in [3.8, 4) is 17.2 Å². The number of carbonyl (C=O) groups is 4. The van der Waals surface area contributed by atoms with E-state index in [1.807, 2.05) is 13.8 Å². The van der Waals surface area contributed by atoms with E-state index in [1.165, 1.54) is 13.1 Å². The lowest BCUT2D eigenvalue weighted by atomic mass is 9.81. The van der Waals surface area contributed by atoms with Gasteiger partial charge in [0.15, 0.2) is 0 Å². The molecule has 0 bridgehead atoms. The van der Waals surface area contributed by atoms with Crippen molar-refractivity contribution in [3.63, 3.8) is 0 Å². The Hall–Kier alpha value is -5.83. The molecule has 3 amide bonds. The zero-order valence-corrected chi connectivity index (χ0v) is 32.3. The molecule has 2 fully saturated rings. The van der Waals surface area contributed by atoms with Gasteiger partial charge in [-0.3, -0.25) is 19.3 Å². The molecule has 290 valence electrons. The van der Waals surface area contributed by atoms with E-state index in [2.05, 4.69) is 76.1 Å². The minimum absolute atomic E-state index is 0.0137. The van der Waals surface area contributed by atoms with Crippen LogP contribution in [0.25, 0.3) is 11.1 Å². The molecule has 3 aromatic carbocycles. The molecule has 1 unspecified atom stereocenters. The van der Waals surface area contributed by atoms with E-state index in [0.29, 0.717) is 18.7 Å². The SMILES string of the molecule is CNC(=O)C(CCC=O)N1C(=O)c2cc(F)c(NCC3CCC(CN(c4ccc(C5(C#N)CC5)cc4)c4cc(-c5c(C)noc5C)ccc4C)CC3)cc2C1=O. The maximum absolute atomic E-state index is 15.4. The fourth-order valence-electron chi connectivity index (χ4n) is 8.44. The van der Waals surface area contributed by atoms with Crippen LogP contribution in [0.15, 0.2) is 59.1 Å². The molecule has 2 saturated carbocycles. The molecule has 11 nitrogen and oxygen atoms in total. The van der Waals surface area contributed by atoms with Crippen LogP contribution >= 0.6 is 0 Å².